The Bertz CT molecular complexity index is 177. The Labute approximate surface area is 102 Å². The lowest BCUT2D eigenvalue weighted by Gasteiger charge is -2.36. The van der Waals surface area contributed by atoms with Crippen LogP contribution in [0.25, 0.3) is 0 Å². The van der Waals surface area contributed by atoms with E-state index in [4.69, 9.17) is 8.85 Å². The van der Waals surface area contributed by atoms with Crippen LogP contribution in [0, 0.1) is 0 Å². The monoisotopic (exact) mass is 248 g/mol. The van der Waals surface area contributed by atoms with Gasteiger partial charge in [-0.2, -0.15) is 0 Å². The van der Waals surface area contributed by atoms with Gasteiger partial charge in [-0.05, 0) is 47.6 Å². The predicted octanol–water partition coefficient (Wildman–Crippen LogP) is 1.88. The molecule has 0 aliphatic heterocycles. The fourth-order valence-corrected chi connectivity index (χ4v) is 4.35. The van der Waals surface area contributed by atoms with Crippen LogP contribution in [0.15, 0.2) is 0 Å². The average Bonchev–Trinajstić information content (AvgIpc) is 2.13. The summed E-state index contributed by atoms with van der Waals surface area (Å²) in [7, 11) is -2.45. The molecule has 0 aromatic carbocycles. The molecule has 4 nitrogen and oxygen atoms in total. The summed E-state index contributed by atoms with van der Waals surface area (Å²) in [6.45, 7) is 14.7. The van der Waals surface area contributed by atoms with Crippen molar-refractivity contribution < 1.29 is 8.85 Å². The summed E-state index contributed by atoms with van der Waals surface area (Å²) in [4.78, 5) is 6.91. The molecule has 0 aromatic heterocycles. The molecule has 0 rings (SSSR count). The van der Waals surface area contributed by atoms with Gasteiger partial charge >= 0.3 is 8.88 Å². The number of hydrogen-bond donors (Lipinski definition) is 2. The molecule has 0 fully saturated rings. The van der Waals surface area contributed by atoms with E-state index in [-0.39, 0.29) is 5.54 Å². The lowest BCUT2D eigenvalue weighted by Crippen LogP contribution is -2.71. The van der Waals surface area contributed by atoms with Crippen molar-refractivity contribution in [2.24, 2.45) is 0 Å². The largest absolute Gasteiger partial charge is 0.517 e. The van der Waals surface area contributed by atoms with Crippen LogP contribution in [0.2, 0.25) is 0 Å². The van der Waals surface area contributed by atoms with E-state index < -0.39 is 8.88 Å². The molecule has 16 heavy (non-hydrogen) atoms. The third kappa shape index (κ3) is 6.60. The zero-order valence-electron chi connectivity index (χ0n) is 11.6. The summed E-state index contributed by atoms with van der Waals surface area (Å²) in [5.74, 6) is 0. The van der Waals surface area contributed by atoms with Gasteiger partial charge in [0.15, 0.2) is 0 Å². The maximum absolute atomic E-state index is 5.84. The highest BCUT2D eigenvalue weighted by Gasteiger charge is 2.41. The first-order valence-electron chi connectivity index (χ1n) is 6.21. The fourth-order valence-electron chi connectivity index (χ4n) is 1.45. The lowest BCUT2D eigenvalue weighted by molar-refractivity contribution is 0.148. The van der Waals surface area contributed by atoms with Gasteiger partial charge in [-0.25, -0.2) is 0 Å². The second kappa shape index (κ2) is 7.40. The Hall–Kier alpha value is 0.0569. The number of nitrogens with one attached hydrogen (secondary N) is 2. The van der Waals surface area contributed by atoms with Crippen LogP contribution < -0.4 is 9.96 Å². The standard InChI is InChI=1S/C11H28N2O2Si/c1-7-10-12-16(14-8-2,15-9-3)13-11(4,5)6/h12-13H,7-10H2,1-6H3. The highest BCUT2D eigenvalue weighted by atomic mass is 28.4. The summed E-state index contributed by atoms with van der Waals surface area (Å²) in [6.07, 6.45) is 1.07. The minimum absolute atomic E-state index is 0.0166. The molecule has 0 saturated heterocycles. The lowest BCUT2D eigenvalue weighted by atomic mass is 10.1. The number of hydrogen-bond acceptors (Lipinski definition) is 4. The van der Waals surface area contributed by atoms with Crippen molar-refractivity contribution >= 4 is 8.88 Å². The molecule has 0 saturated carbocycles. The van der Waals surface area contributed by atoms with Crippen LogP contribution in [0.3, 0.4) is 0 Å². The minimum Gasteiger partial charge on any atom is -0.371 e. The summed E-state index contributed by atoms with van der Waals surface area (Å²) in [5.41, 5.74) is -0.0166. The Kier molecular flexibility index (Phi) is 7.42. The van der Waals surface area contributed by atoms with E-state index in [0.29, 0.717) is 13.2 Å². The van der Waals surface area contributed by atoms with E-state index in [1.807, 2.05) is 13.8 Å². The highest BCUT2D eigenvalue weighted by Crippen LogP contribution is 2.08. The maximum Gasteiger partial charge on any atom is 0.517 e. The van der Waals surface area contributed by atoms with Crippen molar-refractivity contribution in [3.8, 4) is 0 Å². The Morgan fingerprint density at radius 2 is 1.50 bits per heavy atom. The average molecular weight is 248 g/mol. The van der Waals surface area contributed by atoms with Crippen molar-refractivity contribution in [2.45, 2.75) is 53.5 Å². The summed E-state index contributed by atoms with van der Waals surface area (Å²) in [6, 6.07) is 0. The summed E-state index contributed by atoms with van der Waals surface area (Å²) >= 11 is 0. The summed E-state index contributed by atoms with van der Waals surface area (Å²) in [5, 5.41) is 0. The van der Waals surface area contributed by atoms with Gasteiger partial charge in [-0.15, -0.1) is 0 Å². The molecule has 98 valence electrons. The molecule has 0 aliphatic carbocycles. The van der Waals surface area contributed by atoms with Crippen molar-refractivity contribution in [1.82, 2.24) is 9.96 Å². The second-order valence-corrected chi connectivity index (χ2v) is 7.20. The van der Waals surface area contributed by atoms with Crippen LogP contribution in [-0.4, -0.2) is 34.2 Å². The maximum atomic E-state index is 5.84. The molecule has 0 amide bonds. The van der Waals surface area contributed by atoms with E-state index >= 15 is 0 Å². The van der Waals surface area contributed by atoms with Crippen molar-refractivity contribution in [3.63, 3.8) is 0 Å². The van der Waals surface area contributed by atoms with Crippen LogP contribution in [-0.2, 0) is 8.85 Å². The topological polar surface area (TPSA) is 42.5 Å². The fraction of sp³-hybridized carbons (Fsp3) is 1.00. The zero-order valence-corrected chi connectivity index (χ0v) is 12.6. The minimum atomic E-state index is -2.45. The van der Waals surface area contributed by atoms with Gasteiger partial charge in [0.05, 0.1) is 0 Å². The first-order valence-corrected chi connectivity index (χ1v) is 8.03. The van der Waals surface area contributed by atoms with Crippen LogP contribution in [0.4, 0.5) is 0 Å². The first-order chi connectivity index (χ1) is 7.39. The van der Waals surface area contributed by atoms with E-state index in [0.717, 1.165) is 13.0 Å². The van der Waals surface area contributed by atoms with Gasteiger partial charge in [0.1, 0.15) is 0 Å². The van der Waals surface area contributed by atoms with E-state index in [1.165, 1.54) is 0 Å². The Morgan fingerprint density at radius 1 is 1.00 bits per heavy atom. The van der Waals surface area contributed by atoms with Crippen molar-refractivity contribution in [1.29, 1.82) is 0 Å². The SMILES string of the molecule is CCCN[Si](NC(C)(C)C)(OCC)OCC. The Balaban J connectivity index is 4.62. The molecule has 0 aliphatic rings. The molecule has 2 N–H and O–H groups in total. The van der Waals surface area contributed by atoms with E-state index in [1.54, 1.807) is 0 Å². The third-order valence-corrected chi connectivity index (χ3v) is 5.03. The molecule has 0 unspecified atom stereocenters. The van der Waals surface area contributed by atoms with Gasteiger partial charge in [0, 0.05) is 18.8 Å². The van der Waals surface area contributed by atoms with Gasteiger partial charge in [-0.3, -0.25) is 9.96 Å². The highest BCUT2D eigenvalue weighted by molar-refractivity contribution is 6.62. The predicted molar refractivity (Wildman–Crippen MR) is 70.2 cm³/mol. The van der Waals surface area contributed by atoms with Crippen LogP contribution in [0.1, 0.15) is 48.0 Å². The molecule has 0 bridgehead atoms. The van der Waals surface area contributed by atoms with Crippen molar-refractivity contribution in [3.05, 3.63) is 0 Å². The normalized spacial score (nSPS) is 13.1. The summed E-state index contributed by atoms with van der Waals surface area (Å²) < 4.78 is 11.7. The molecule has 0 heterocycles. The molecule has 0 atom stereocenters. The third-order valence-electron chi connectivity index (χ3n) is 1.84. The zero-order chi connectivity index (χ0) is 12.7. The molecule has 0 spiro atoms. The van der Waals surface area contributed by atoms with Gasteiger partial charge in [0.2, 0.25) is 0 Å². The van der Waals surface area contributed by atoms with Crippen LogP contribution >= 0.6 is 0 Å². The smallest absolute Gasteiger partial charge is 0.371 e. The number of rotatable bonds is 8. The second-order valence-electron chi connectivity index (χ2n) is 4.78. The Morgan fingerprint density at radius 3 is 1.81 bits per heavy atom. The molecular formula is C11H28N2O2Si. The van der Waals surface area contributed by atoms with Gasteiger partial charge in [-0.1, -0.05) is 6.92 Å². The van der Waals surface area contributed by atoms with Crippen molar-refractivity contribution in [2.75, 3.05) is 19.8 Å². The quantitative estimate of drug-likeness (QED) is 0.644. The molecule has 0 radical (unpaired) electrons. The van der Waals surface area contributed by atoms with E-state index in [2.05, 4.69) is 37.7 Å². The molecular weight excluding hydrogens is 220 g/mol. The van der Waals surface area contributed by atoms with Crippen LogP contribution in [0.5, 0.6) is 0 Å². The molecule has 0 aromatic rings. The molecule has 5 heteroatoms. The van der Waals surface area contributed by atoms with Gasteiger partial charge < -0.3 is 8.85 Å². The van der Waals surface area contributed by atoms with Gasteiger partial charge in [0.25, 0.3) is 0 Å². The first kappa shape index (κ1) is 16.1. The van der Waals surface area contributed by atoms with E-state index in [9.17, 15) is 0 Å².